The van der Waals surface area contributed by atoms with Gasteiger partial charge in [-0.05, 0) is 13.8 Å². The third kappa shape index (κ3) is 10.1. The van der Waals surface area contributed by atoms with Crippen LogP contribution in [0.25, 0.3) is 0 Å². The molecule has 20 heavy (non-hydrogen) atoms. The molecule has 0 amide bonds. The van der Waals surface area contributed by atoms with Gasteiger partial charge in [-0.3, -0.25) is 9.05 Å². The molecule has 0 saturated carbocycles. The lowest BCUT2D eigenvalue weighted by Gasteiger charge is -2.24. The summed E-state index contributed by atoms with van der Waals surface area (Å²) in [6.45, 7) is 6.96. The van der Waals surface area contributed by atoms with Gasteiger partial charge in [0.1, 0.15) is 25.9 Å². The maximum atomic E-state index is 11.6. The standard InChI is InChI=1S/C12H24NO6P/c1-10(2)12(14)17-9-11(3)19-20(15,16)18-8-7-13(4,5)6/h11H,1,7-9H2,2-6H3/p+1. The Kier molecular flexibility index (Phi) is 7.62. The Morgan fingerprint density at radius 1 is 1.40 bits per heavy atom. The van der Waals surface area contributed by atoms with Crippen LogP contribution in [-0.2, 0) is 23.1 Å². The van der Waals surface area contributed by atoms with Gasteiger partial charge in [0.15, 0.2) is 0 Å². The van der Waals surface area contributed by atoms with E-state index in [-0.39, 0.29) is 18.8 Å². The Hall–Kier alpha value is -0.720. The van der Waals surface area contributed by atoms with Crippen LogP contribution >= 0.6 is 7.82 Å². The van der Waals surface area contributed by atoms with Crippen molar-refractivity contribution in [3.05, 3.63) is 12.2 Å². The van der Waals surface area contributed by atoms with Crippen LogP contribution in [0.3, 0.4) is 0 Å². The van der Waals surface area contributed by atoms with E-state index in [1.807, 2.05) is 21.1 Å². The van der Waals surface area contributed by atoms with Gasteiger partial charge >= 0.3 is 13.8 Å². The first kappa shape index (κ1) is 19.3. The highest BCUT2D eigenvalue weighted by molar-refractivity contribution is 7.47. The molecule has 0 rings (SSSR count). The fourth-order valence-electron chi connectivity index (χ4n) is 1.03. The van der Waals surface area contributed by atoms with Crippen molar-refractivity contribution < 1.29 is 32.5 Å². The average Bonchev–Trinajstić information content (AvgIpc) is 2.22. The molecule has 0 aliphatic heterocycles. The summed E-state index contributed by atoms with van der Waals surface area (Å²) in [4.78, 5) is 20.7. The van der Waals surface area contributed by atoms with Crippen LogP contribution in [-0.4, -0.2) is 62.4 Å². The monoisotopic (exact) mass is 310 g/mol. The molecule has 118 valence electrons. The number of rotatable bonds is 9. The van der Waals surface area contributed by atoms with Crippen molar-refractivity contribution in [2.45, 2.75) is 20.0 Å². The number of quaternary nitrogens is 1. The number of hydrogen-bond donors (Lipinski definition) is 1. The van der Waals surface area contributed by atoms with E-state index in [0.29, 0.717) is 11.0 Å². The van der Waals surface area contributed by atoms with E-state index < -0.39 is 19.9 Å². The molecule has 0 aromatic carbocycles. The van der Waals surface area contributed by atoms with Gasteiger partial charge in [0.05, 0.1) is 21.1 Å². The summed E-state index contributed by atoms with van der Waals surface area (Å²) in [7, 11) is 1.67. The molecule has 0 aliphatic carbocycles. The Morgan fingerprint density at radius 3 is 2.40 bits per heavy atom. The highest BCUT2D eigenvalue weighted by atomic mass is 31.2. The van der Waals surface area contributed by atoms with Crippen molar-refractivity contribution in [1.29, 1.82) is 0 Å². The summed E-state index contributed by atoms with van der Waals surface area (Å²) in [6, 6.07) is 0. The molecule has 0 spiro atoms. The van der Waals surface area contributed by atoms with Crippen LogP contribution in [0.1, 0.15) is 13.8 Å². The fraction of sp³-hybridized carbons (Fsp3) is 0.750. The van der Waals surface area contributed by atoms with E-state index in [0.717, 1.165) is 0 Å². The summed E-state index contributed by atoms with van der Waals surface area (Å²) in [5.74, 6) is -0.570. The Labute approximate surface area is 120 Å². The molecule has 2 unspecified atom stereocenters. The number of esters is 1. The summed E-state index contributed by atoms with van der Waals surface area (Å²) in [5, 5.41) is 0. The molecule has 0 saturated heterocycles. The van der Waals surface area contributed by atoms with Crippen molar-refractivity contribution in [2.75, 3.05) is 40.9 Å². The van der Waals surface area contributed by atoms with Gasteiger partial charge in [0.25, 0.3) is 0 Å². The van der Waals surface area contributed by atoms with Crippen molar-refractivity contribution in [2.24, 2.45) is 0 Å². The molecule has 0 radical (unpaired) electrons. The van der Waals surface area contributed by atoms with Crippen molar-refractivity contribution in [3.8, 4) is 0 Å². The number of likely N-dealkylation sites (N-methyl/N-ethyl adjacent to an activating group) is 1. The molecule has 8 heteroatoms. The van der Waals surface area contributed by atoms with E-state index in [1.54, 1.807) is 0 Å². The first-order chi connectivity index (χ1) is 8.93. The minimum absolute atomic E-state index is 0.0928. The van der Waals surface area contributed by atoms with E-state index >= 15 is 0 Å². The van der Waals surface area contributed by atoms with Gasteiger partial charge < -0.3 is 14.1 Å². The lowest BCUT2D eigenvalue weighted by molar-refractivity contribution is -0.870. The molecule has 0 aromatic rings. The van der Waals surface area contributed by atoms with Crippen LogP contribution in [0, 0.1) is 0 Å². The van der Waals surface area contributed by atoms with Crippen LogP contribution < -0.4 is 0 Å². The molecule has 1 N–H and O–H groups in total. The Morgan fingerprint density at radius 2 is 1.95 bits per heavy atom. The minimum Gasteiger partial charge on any atom is -0.460 e. The van der Waals surface area contributed by atoms with E-state index in [1.165, 1.54) is 13.8 Å². The number of carbonyl (C=O) groups is 1. The third-order valence-corrected chi connectivity index (χ3v) is 3.26. The number of phosphoric acid groups is 1. The van der Waals surface area contributed by atoms with Crippen LogP contribution in [0.5, 0.6) is 0 Å². The zero-order valence-corrected chi connectivity index (χ0v) is 13.7. The second-order valence-corrected chi connectivity index (χ2v) is 7.02. The van der Waals surface area contributed by atoms with Gasteiger partial charge in [-0.2, -0.15) is 0 Å². The highest BCUT2D eigenvalue weighted by Crippen LogP contribution is 2.44. The smallest absolute Gasteiger partial charge is 0.460 e. The largest absolute Gasteiger partial charge is 0.472 e. The van der Waals surface area contributed by atoms with Gasteiger partial charge in [0, 0.05) is 5.57 Å². The average molecular weight is 310 g/mol. The minimum atomic E-state index is -4.14. The number of ether oxygens (including phenoxy) is 1. The molecule has 0 aliphatic rings. The topological polar surface area (TPSA) is 82.1 Å². The highest BCUT2D eigenvalue weighted by Gasteiger charge is 2.26. The van der Waals surface area contributed by atoms with Crippen LogP contribution in [0.2, 0.25) is 0 Å². The fourth-order valence-corrected chi connectivity index (χ4v) is 1.92. The predicted octanol–water partition coefficient (Wildman–Crippen LogP) is 1.33. The molecular formula is C12H25NO6P+. The molecule has 0 aromatic heterocycles. The maximum absolute atomic E-state index is 11.6. The van der Waals surface area contributed by atoms with Gasteiger partial charge in [0.2, 0.25) is 0 Å². The zero-order valence-electron chi connectivity index (χ0n) is 12.8. The van der Waals surface area contributed by atoms with Crippen molar-refractivity contribution in [3.63, 3.8) is 0 Å². The zero-order chi connectivity index (χ0) is 16.0. The van der Waals surface area contributed by atoms with Gasteiger partial charge in [-0.1, -0.05) is 6.58 Å². The normalized spacial score (nSPS) is 16.3. The number of hydrogen-bond acceptors (Lipinski definition) is 5. The molecular weight excluding hydrogens is 285 g/mol. The van der Waals surface area contributed by atoms with E-state index in [9.17, 15) is 14.3 Å². The SMILES string of the molecule is C=C(C)C(=O)OCC(C)OP(=O)(O)OCC[N+](C)(C)C. The molecule has 7 nitrogen and oxygen atoms in total. The third-order valence-electron chi connectivity index (χ3n) is 2.13. The Balaban J connectivity index is 4.09. The summed E-state index contributed by atoms with van der Waals surface area (Å²) in [5.41, 5.74) is 0.253. The first-order valence-corrected chi connectivity index (χ1v) is 7.71. The number of nitrogens with zero attached hydrogens (tertiary/aromatic N) is 1. The van der Waals surface area contributed by atoms with Crippen molar-refractivity contribution in [1.82, 2.24) is 0 Å². The first-order valence-electron chi connectivity index (χ1n) is 6.22. The summed E-state index contributed by atoms with van der Waals surface area (Å²) in [6.07, 6.45) is -0.752. The summed E-state index contributed by atoms with van der Waals surface area (Å²) >= 11 is 0. The maximum Gasteiger partial charge on any atom is 0.472 e. The molecule has 0 bridgehead atoms. The quantitative estimate of drug-likeness (QED) is 0.299. The Bertz CT molecular complexity index is 390. The van der Waals surface area contributed by atoms with Crippen LogP contribution in [0.4, 0.5) is 0 Å². The molecule has 2 atom stereocenters. The number of phosphoric ester groups is 1. The second-order valence-electron chi connectivity index (χ2n) is 5.61. The lowest BCUT2D eigenvalue weighted by Crippen LogP contribution is -2.37. The predicted molar refractivity (Wildman–Crippen MR) is 75.0 cm³/mol. The van der Waals surface area contributed by atoms with E-state index in [4.69, 9.17) is 13.8 Å². The van der Waals surface area contributed by atoms with E-state index in [2.05, 4.69) is 6.58 Å². The van der Waals surface area contributed by atoms with Crippen molar-refractivity contribution >= 4 is 13.8 Å². The second kappa shape index (κ2) is 7.90. The van der Waals surface area contributed by atoms with Gasteiger partial charge in [-0.25, -0.2) is 9.36 Å². The summed E-state index contributed by atoms with van der Waals surface area (Å²) < 4.78 is 26.8. The van der Waals surface area contributed by atoms with Gasteiger partial charge in [-0.15, -0.1) is 0 Å². The molecule has 0 fully saturated rings. The lowest BCUT2D eigenvalue weighted by atomic mass is 10.3. The van der Waals surface area contributed by atoms with Crippen LogP contribution in [0.15, 0.2) is 12.2 Å². The molecule has 0 heterocycles. The number of carbonyl (C=O) groups excluding carboxylic acids is 1.